The van der Waals surface area contributed by atoms with Crippen molar-refractivity contribution in [1.82, 2.24) is 10.3 Å². The van der Waals surface area contributed by atoms with Crippen molar-refractivity contribution in [2.45, 2.75) is 13.0 Å². The molecule has 0 unspecified atom stereocenters. The van der Waals surface area contributed by atoms with Gasteiger partial charge >= 0.3 is 0 Å². The third-order valence-corrected chi connectivity index (χ3v) is 3.97. The molecule has 1 aliphatic heterocycles. The van der Waals surface area contributed by atoms with Crippen LogP contribution >= 0.6 is 24.0 Å². The van der Waals surface area contributed by atoms with Crippen molar-refractivity contribution in [3.63, 3.8) is 0 Å². The smallest absolute Gasteiger partial charge is 0.188 e. The monoisotopic (exact) mass is 449 g/mol. The fourth-order valence-corrected chi connectivity index (χ4v) is 2.60. The fraction of sp³-hybridized carbons (Fsp3) is 0.263. The highest BCUT2D eigenvalue weighted by Crippen LogP contribution is 2.17. The molecule has 5 nitrogen and oxygen atoms in total. The molecular formula is C19H24IN5. The number of hydrogen-bond acceptors (Lipinski definition) is 3. The number of nitrogens with two attached hydrogens (primary N) is 1. The summed E-state index contributed by atoms with van der Waals surface area (Å²) in [5.41, 5.74) is 9.36. The van der Waals surface area contributed by atoms with Gasteiger partial charge in [-0.05, 0) is 29.8 Å². The van der Waals surface area contributed by atoms with Crippen LogP contribution in [0.3, 0.4) is 0 Å². The lowest BCUT2D eigenvalue weighted by atomic mass is 10.2. The zero-order valence-electron chi connectivity index (χ0n) is 14.1. The van der Waals surface area contributed by atoms with Gasteiger partial charge in [-0.2, -0.15) is 0 Å². The average Bonchev–Trinajstić information content (AvgIpc) is 3.16. The molecule has 0 radical (unpaired) electrons. The van der Waals surface area contributed by atoms with Crippen LogP contribution in [0.1, 0.15) is 11.3 Å². The van der Waals surface area contributed by atoms with E-state index in [4.69, 9.17) is 5.73 Å². The van der Waals surface area contributed by atoms with Crippen molar-refractivity contribution in [3.05, 3.63) is 72.1 Å². The lowest BCUT2D eigenvalue weighted by Crippen LogP contribution is -2.33. The molecule has 0 atom stereocenters. The quantitative estimate of drug-likeness (QED) is 0.308. The Kier molecular flexibility index (Phi) is 7.72. The van der Waals surface area contributed by atoms with Gasteiger partial charge in [0.05, 0.1) is 6.54 Å². The topological polar surface area (TPSA) is 66.5 Å². The van der Waals surface area contributed by atoms with Gasteiger partial charge in [0.2, 0.25) is 0 Å². The van der Waals surface area contributed by atoms with Gasteiger partial charge in [0, 0.05) is 43.6 Å². The number of hydrogen-bond donors (Lipinski definition) is 2. The van der Waals surface area contributed by atoms with Crippen LogP contribution in [0.2, 0.25) is 0 Å². The molecule has 0 amide bonds. The number of aromatic nitrogens is 1. The van der Waals surface area contributed by atoms with Crippen LogP contribution in [-0.4, -0.2) is 30.6 Å². The minimum absolute atomic E-state index is 0. The van der Waals surface area contributed by atoms with Gasteiger partial charge in [-0.15, -0.1) is 24.0 Å². The minimum atomic E-state index is 0. The Bertz CT molecular complexity index is 690. The van der Waals surface area contributed by atoms with E-state index in [0.717, 1.165) is 37.3 Å². The summed E-state index contributed by atoms with van der Waals surface area (Å²) >= 11 is 0. The highest BCUT2D eigenvalue weighted by molar-refractivity contribution is 14.0. The molecule has 0 aliphatic carbocycles. The van der Waals surface area contributed by atoms with Crippen molar-refractivity contribution < 1.29 is 0 Å². The van der Waals surface area contributed by atoms with Crippen LogP contribution in [0.25, 0.3) is 0 Å². The number of halogens is 1. The number of nitrogens with zero attached hydrogens (tertiary/aromatic N) is 3. The molecule has 25 heavy (non-hydrogen) atoms. The van der Waals surface area contributed by atoms with Crippen molar-refractivity contribution in [2.75, 3.05) is 24.5 Å². The second-order valence-electron chi connectivity index (χ2n) is 5.74. The summed E-state index contributed by atoms with van der Waals surface area (Å²) in [6.07, 6.45) is 7.01. The molecule has 2 aromatic rings. The van der Waals surface area contributed by atoms with E-state index in [2.05, 4.69) is 56.6 Å². The normalized spacial score (nSPS) is 13.6. The number of aliphatic imine (C=N–C) groups is 1. The van der Waals surface area contributed by atoms with Gasteiger partial charge in [0.15, 0.2) is 5.96 Å². The molecule has 6 heteroatoms. The standard InChI is InChI=1S/C19H23N5.HI/c20-19(22-12-10-17-5-1-2-11-21-17)23-15-16-6-8-18(9-7-16)24-13-3-4-14-24;/h1-9,11H,10,12-15H2,(H3,20,22,23);1H. The summed E-state index contributed by atoms with van der Waals surface area (Å²) in [5, 5.41) is 3.13. The van der Waals surface area contributed by atoms with Gasteiger partial charge in [0.1, 0.15) is 0 Å². The van der Waals surface area contributed by atoms with E-state index in [1.165, 1.54) is 5.69 Å². The van der Waals surface area contributed by atoms with Crippen LogP contribution in [0.5, 0.6) is 0 Å². The molecule has 1 aromatic heterocycles. The highest BCUT2D eigenvalue weighted by Gasteiger charge is 2.06. The first-order valence-electron chi connectivity index (χ1n) is 8.24. The first kappa shape index (κ1) is 19.2. The minimum Gasteiger partial charge on any atom is -0.370 e. The Balaban J connectivity index is 0.00000225. The predicted octanol–water partition coefficient (Wildman–Crippen LogP) is 2.72. The van der Waals surface area contributed by atoms with E-state index >= 15 is 0 Å². The Morgan fingerprint density at radius 3 is 2.56 bits per heavy atom. The third-order valence-electron chi connectivity index (χ3n) is 3.97. The Labute approximate surface area is 166 Å². The summed E-state index contributed by atoms with van der Waals surface area (Å²) in [7, 11) is 0. The molecule has 0 fully saturated rings. The van der Waals surface area contributed by atoms with Gasteiger partial charge in [0.25, 0.3) is 0 Å². The maximum atomic E-state index is 5.92. The van der Waals surface area contributed by atoms with Crippen LogP contribution in [0.4, 0.5) is 5.69 Å². The zero-order valence-corrected chi connectivity index (χ0v) is 16.5. The molecule has 0 saturated heterocycles. The molecule has 0 bridgehead atoms. The summed E-state index contributed by atoms with van der Waals surface area (Å²) in [6.45, 7) is 3.30. The van der Waals surface area contributed by atoms with Crippen molar-refractivity contribution in [2.24, 2.45) is 10.7 Å². The largest absolute Gasteiger partial charge is 0.370 e. The van der Waals surface area contributed by atoms with Crippen molar-refractivity contribution in [3.8, 4) is 0 Å². The summed E-state index contributed by atoms with van der Waals surface area (Å²) in [6, 6.07) is 14.4. The predicted molar refractivity (Wildman–Crippen MR) is 114 cm³/mol. The van der Waals surface area contributed by atoms with Gasteiger partial charge in [-0.25, -0.2) is 4.99 Å². The van der Waals surface area contributed by atoms with Crippen molar-refractivity contribution in [1.29, 1.82) is 0 Å². The molecule has 0 saturated carbocycles. The molecule has 2 heterocycles. The Hall–Kier alpha value is -2.09. The Morgan fingerprint density at radius 1 is 1.12 bits per heavy atom. The molecule has 3 rings (SSSR count). The number of pyridine rings is 1. The van der Waals surface area contributed by atoms with E-state index in [-0.39, 0.29) is 24.0 Å². The fourth-order valence-electron chi connectivity index (χ4n) is 2.60. The van der Waals surface area contributed by atoms with Crippen LogP contribution in [-0.2, 0) is 13.0 Å². The van der Waals surface area contributed by atoms with E-state index in [1.54, 1.807) is 6.20 Å². The van der Waals surface area contributed by atoms with Gasteiger partial charge in [-0.3, -0.25) is 4.98 Å². The summed E-state index contributed by atoms with van der Waals surface area (Å²) in [4.78, 5) is 11.0. The Morgan fingerprint density at radius 2 is 1.88 bits per heavy atom. The first-order chi connectivity index (χ1) is 11.8. The van der Waals surface area contributed by atoms with Crippen LogP contribution in [0, 0.1) is 0 Å². The molecular weight excluding hydrogens is 425 g/mol. The van der Waals surface area contributed by atoms with Gasteiger partial charge in [-0.1, -0.05) is 30.4 Å². The lowest BCUT2D eigenvalue weighted by Gasteiger charge is -2.17. The maximum Gasteiger partial charge on any atom is 0.188 e. The highest BCUT2D eigenvalue weighted by atomic mass is 127. The summed E-state index contributed by atoms with van der Waals surface area (Å²) in [5.74, 6) is 0.471. The number of rotatable bonds is 6. The van der Waals surface area contributed by atoms with E-state index in [0.29, 0.717) is 12.5 Å². The van der Waals surface area contributed by atoms with Crippen LogP contribution in [0.15, 0.2) is 65.8 Å². The zero-order chi connectivity index (χ0) is 16.6. The second kappa shape index (κ2) is 10.0. The number of nitrogens with one attached hydrogen (secondary N) is 1. The average molecular weight is 449 g/mol. The molecule has 3 N–H and O–H groups in total. The second-order valence-corrected chi connectivity index (χ2v) is 5.74. The van der Waals surface area contributed by atoms with Gasteiger partial charge < -0.3 is 16.0 Å². The van der Waals surface area contributed by atoms with E-state index < -0.39 is 0 Å². The SMILES string of the molecule is I.NC(=NCc1ccc(N2CC=CC2)cc1)NCCc1ccccn1. The lowest BCUT2D eigenvalue weighted by molar-refractivity contribution is 0.827. The molecule has 132 valence electrons. The third kappa shape index (κ3) is 6.04. The molecule has 0 spiro atoms. The number of anilines is 1. The van der Waals surface area contributed by atoms with E-state index in [1.807, 2.05) is 18.2 Å². The first-order valence-corrected chi connectivity index (χ1v) is 8.24. The number of guanidine groups is 1. The number of benzene rings is 1. The van der Waals surface area contributed by atoms with E-state index in [9.17, 15) is 0 Å². The summed E-state index contributed by atoms with van der Waals surface area (Å²) < 4.78 is 0. The molecule has 1 aliphatic rings. The molecule has 1 aromatic carbocycles. The maximum absolute atomic E-state index is 5.92. The van der Waals surface area contributed by atoms with Crippen molar-refractivity contribution >= 4 is 35.6 Å². The van der Waals surface area contributed by atoms with Crippen LogP contribution < -0.4 is 16.0 Å².